The maximum Gasteiger partial charge on any atom is 0.330 e. The molecule has 1 atom stereocenters. The summed E-state index contributed by atoms with van der Waals surface area (Å²) in [5.41, 5.74) is 3.01. The van der Waals surface area contributed by atoms with E-state index in [0.29, 0.717) is 17.0 Å². The van der Waals surface area contributed by atoms with E-state index in [-0.39, 0.29) is 0 Å². The fourth-order valence-electron chi connectivity index (χ4n) is 2.48. The van der Waals surface area contributed by atoms with Gasteiger partial charge in [-0.2, -0.15) is 0 Å². The molecule has 1 aliphatic carbocycles. The molecule has 2 aromatic rings. The third kappa shape index (κ3) is 3.56. The first-order valence-electron chi connectivity index (χ1n) is 7.60. The second kappa shape index (κ2) is 6.20. The maximum absolute atomic E-state index is 12.4. The predicted molar refractivity (Wildman–Crippen MR) is 85.2 cm³/mol. The first kappa shape index (κ1) is 15.2. The molecule has 2 N–H and O–H groups in total. The molecule has 118 valence electrons. The molecule has 5 heteroatoms. The Balaban J connectivity index is 1.79. The van der Waals surface area contributed by atoms with Crippen LogP contribution in [0.3, 0.4) is 0 Å². The van der Waals surface area contributed by atoms with Crippen LogP contribution in [0.15, 0.2) is 42.7 Å². The van der Waals surface area contributed by atoms with E-state index in [0.717, 1.165) is 24.0 Å². The standard InChI is InChI=1S/C18H18N2O3/c1-11-2-4-13(5-3-11)16(18(22)23)20-17(21)15-8-14(9-19-10-15)12-6-7-12/h2-5,8-10,12,16H,6-7H2,1H3,(H,20,21)(H,22,23). The summed E-state index contributed by atoms with van der Waals surface area (Å²) in [5, 5.41) is 12.0. The highest BCUT2D eigenvalue weighted by Crippen LogP contribution is 2.39. The summed E-state index contributed by atoms with van der Waals surface area (Å²) in [7, 11) is 0. The zero-order valence-corrected chi connectivity index (χ0v) is 12.8. The number of aryl methyl sites for hydroxylation is 1. The molecule has 1 saturated carbocycles. The van der Waals surface area contributed by atoms with Gasteiger partial charge in [0.05, 0.1) is 5.56 Å². The van der Waals surface area contributed by atoms with Crippen LogP contribution < -0.4 is 5.32 Å². The Labute approximate surface area is 134 Å². The van der Waals surface area contributed by atoms with Gasteiger partial charge in [-0.15, -0.1) is 0 Å². The quantitative estimate of drug-likeness (QED) is 0.890. The number of aromatic nitrogens is 1. The van der Waals surface area contributed by atoms with Gasteiger partial charge in [0.25, 0.3) is 5.91 Å². The Morgan fingerprint density at radius 2 is 1.91 bits per heavy atom. The zero-order valence-electron chi connectivity index (χ0n) is 12.8. The van der Waals surface area contributed by atoms with Crippen molar-refractivity contribution in [2.24, 2.45) is 0 Å². The largest absolute Gasteiger partial charge is 0.479 e. The molecule has 0 spiro atoms. The van der Waals surface area contributed by atoms with Crippen molar-refractivity contribution in [3.8, 4) is 0 Å². The van der Waals surface area contributed by atoms with Crippen molar-refractivity contribution < 1.29 is 14.7 Å². The number of aliphatic carboxylic acids is 1. The summed E-state index contributed by atoms with van der Waals surface area (Å²) in [6.45, 7) is 1.92. The van der Waals surface area contributed by atoms with E-state index in [4.69, 9.17) is 0 Å². The number of pyridine rings is 1. The lowest BCUT2D eigenvalue weighted by Crippen LogP contribution is -2.33. The Kier molecular flexibility index (Phi) is 4.10. The van der Waals surface area contributed by atoms with Crippen LogP contribution in [0.1, 0.15) is 51.8 Å². The minimum absolute atomic E-state index is 0.396. The number of carboxylic acid groups (broad SMARTS) is 1. The van der Waals surface area contributed by atoms with Gasteiger partial charge in [0, 0.05) is 12.4 Å². The van der Waals surface area contributed by atoms with Gasteiger partial charge in [-0.3, -0.25) is 9.78 Å². The molecule has 5 nitrogen and oxygen atoms in total. The molecule has 1 fully saturated rings. The number of nitrogens with one attached hydrogen (secondary N) is 1. The highest BCUT2D eigenvalue weighted by molar-refractivity contribution is 5.96. The van der Waals surface area contributed by atoms with Crippen molar-refractivity contribution in [2.75, 3.05) is 0 Å². The smallest absolute Gasteiger partial charge is 0.330 e. The number of rotatable bonds is 5. The third-order valence-electron chi connectivity index (χ3n) is 4.00. The fourth-order valence-corrected chi connectivity index (χ4v) is 2.48. The van der Waals surface area contributed by atoms with Crippen molar-refractivity contribution in [3.63, 3.8) is 0 Å². The van der Waals surface area contributed by atoms with Crippen LogP contribution in [0.25, 0.3) is 0 Å². The molecule has 3 rings (SSSR count). The lowest BCUT2D eigenvalue weighted by molar-refractivity contribution is -0.139. The number of hydrogen-bond acceptors (Lipinski definition) is 3. The van der Waals surface area contributed by atoms with E-state index in [1.165, 1.54) is 6.20 Å². The van der Waals surface area contributed by atoms with E-state index in [9.17, 15) is 14.7 Å². The minimum Gasteiger partial charge on any atom is -0.479 e. The van der Waals surface area contributed by atoms with E-state index in [1.54, 1.807) is 24.4 Å². The van der Waals surface area contributed by atoms with E-state index in [2.05, 4.69) is 10.3 Å². The van der Waals surface area contributed by atoms with Gasteiger partial charge in [-0.1, -0.05) is 29.8 Å². The molecular formula is C18H18N2O3. The van der Waals surface area contributed by atoms with Crippen LogP contribution in [0.4, 0.5) is 0 Å². The van der Waals surface area contributed by atoms with Crippen LogP contribution in [0.2, 0.25) is 0 Å². The van der Waals surface area contributed by atoms with Crippen molar-refractivity contribution in [1.82, 2.24) is 10.3 Å². The van der Waals surface area contributed by atoms with E-state index >= 15 is 0 Å². The number of carbonyl (C=O) groups excluding carboxylic acids is 1. The van der Waals surface area contributed by atoms with Crippen LogP contribution >= 0.6 is 0 Å². The fraction of sp³-hybridized carbons (Fsp3) is 0.278. The SMILES string of the molecule is Cc1ccc(C(NC(=O)c2cncc(C3CC3)c2)C(=O)O)cc1. The van der Waals surface area contributed by atoms with Gasteiger partial charge in [0.15, 0.2) is 6.04 Å². The number of hydrogen-bond donors (Lipinski definition) is 2. The molecule has 1 amide bonds. The molecule has 0 radical (unpaired) electrons. The molecule has 1 aliphatic rings. The lowest BCUT2D eigenvalue weighted by atomic mass is 10.0. The van der Waals surface area contributed by atoms with Crippen molar-refractivity contribution in [2.45, 2.75) is 31.7 Å². The predicted octanol–water partition coefficient (Wildman–Crippen LogP) is 2.82. The highest BCUT2D eigenvalue weighted by atomic mass is 16.4. The summed E-state index contributed by atoms with van der Waals surface area (Å²) in [6, 6.07) is 7.81. The number of benzene rings is 1. The van der Waals surface area contributed by atoms with Crippen LogP contribution in [-0.4, -0.2) is 22.0 Å². The molecular weight excluding hydrogens is 292 g/mol. The number of carbonyl (C=O) groups is 2. The Morgan fingerprint density at radius 3 is 2.52 bits per heavy atom. The zero-order chi connectivity index (χ0) is 16.4. The first-order chi connectivity index (χ1) is 11.0. The second-order valence-corrected chi connectivity index (χ2v) is 5.94. The summed E-state index contributed by atoms with van der Waals surface area (Å²) >= 11 is 0. The lowest BCUT2D eigenvalue weighted by Gasteiger charge is -2.15. The number of carboxylic acids is 1. The Bertz CT molecular complexity index is 736. The average Bonchev–Trinajstić information content (AvgIpc) is 3.38. The van der Waals surface area contributed by atoms with Crippen molar-refractivity contribution in [3.05, 3.63) is 65.0 Å². The van der Waals surface area contributed by atoms with Gasteiger partial charge in [-0.25, -0.2) is 4.79 Å². The van der Waals surface area contributed by atoms with Gasteiger partial charge in [0.1, 0.15) is 0 Å². The first-order valence-corrected chi connectivity index (χ1v) is 7.60. The summed E-state index contributed by atoms with van der Waals surface area (Å²) in [5.74, 6) is -1.02. The van der Waals surface area contributed by atoms with Gasteiger partial charge >= 0.3 is 5.97 Å². The summed E-state index contributed by atoms with van der Waals surface area (Å²) in [6.07, 6.45) is 5.47. The highest BCUT2D eigenvalue weighted by Gasteiger charge is 2.26. The van der Waals surface area contributed by atoms with Crippen molar-refractivity contribution in [1.29, 1.82) is 0 Å². The van der Waals surface area contributed by atoms with Crippen LogP contribution in [0.5, 0.6) is 0 Å². The second-order valence-electron chi connectivity index (χ2n) is 5.94. The molecule has 1 heterocycles. The van der Waals surface area contributed by atoms with Gasteiger partial charge in [-0.05, 0) is 42.9 Å². The molecule has 0 bridgehead atoms. The topological polar surface area (TPSA) is 79.3 Å². The van der Waals surface area contributed by atoms with Gasteiger partial charge in [0.2, 0.25) is 0 Å². The molecule has 23 heavy (non-hydrogen) atoms. The van der Waals surface area contributed by atoms with Gasteiger partial charge < -0.3 is 10.4 Å². The van der Waals surface area contributed by atoms with Crippen LogP contribution in [0, 0.1) is 6.92 Å². The maximum atomic E-state index is 12.4. The van der Waals surface area contributed by atoms with E-state index in [1.807, 2.05) is 19.1 Å². The summed E-state index contributed by atoms with van der Waals surface area (Å²) in [4.78, 5) is 28.0. The minimum atomic E-state index is -1.09. The van der Waals surface area contributed by atoms with E-state index < -0.39 is 17.9 Å². The number of nitrogens with zero attached hydrogens (tertiary/aromatic N) is 1. The van der Waals surface area contributed by atoms with Crippen molar-refractivity contribution >= 4 is 11.9 Å². The van der Waals surface area contributed by atoms with Crippen LogP contribution in [-0.2, 0) is 4.79 Å². The molecule has 0 aliphatic heterocycles. The molecule has 1 aromatic carbocycles. The normalized spacial score (nSPS) is 15.0. The Morgan fingerprint density at radius 1 is 1.22 bits per heavy atom. The third-order valence-corrected chi connectivity index (χ3v) is 4.00. The molecule has 0 saturated heterocycles. The summed E-state index contributed by atoms with van der Waals surface area (Å²) < 4.78 is 0. The molecule has 1 aromatic heterocycles. The monoisotopic (exact) mass is 310 g/mol. The molecule has 1 unspecified atom stereocenters. The average molecular weight is 310 g/mol. The number of amides is 1. The Hall–Kier alpha value is -2.69.